The van der Waals surface area contributed by atoms with E-state index >= 15 is 0 Å². The summed E-state index contributed by atoms with van der Waals surface area (Å²) in [5, 5.41) is 4.94. The lowest BCUT2D eigenvalue weighted by molar-refractivity contribution is 1.17. The maximum Gasteiger partial charge on any atom is 0.210 e. The Kier molecular flexibility index (Phi) is 11.1. The molecule has 14 aromatic rings. The molecule has 0 atom stereocenters. The first-order chi connectivity index (χ1) is 38.6. The van der Waals surface area contributed by atoms with Crippen LogP contribution in [0.3, 0.4) is 0 Å². The van der Waals surface area contributed by atoms with Gasteiger partial charge in [0.2, 0.25) is 6.71 Å². The van der Waals surface area contributed by atoms with Crippen LogP contribution in [-0.2, 0) is 0 Å². The minimum Gasteiger partial charge on any atom is -0.310 e. The number of hydrogen-bond acceptors (Lipinski definition) is 2. The van der Waals surface area contributed by atoms with E-state index in [0.717, 1.165) is 55.6 Å². The van der Waals surface area contributed by atoms with Crippen LogP contribution in [0.25, 0.3) is 99.5 Å². The maximum atomic E-state index is 2.58. The van der Waals surface area contributed by atoms with Crippen molar-refractivity contribution in [3.8, 4) is 55.9 Å². The summed E-state index contributed by atoms with van der Waals surface area (Å²) in [5.74, 6) is 0. The molecule has 0 amide bonds. The van der Waals surface area contributed by atoms with Crippen molar-refractivity contribution < 1.29 is 0 Å². The second-order valence-electron chi connectivity index (χ2n) is 20.4. The van der Waals surface area contributed by atoms with E-state index in [1.54, 1.807) is 0 Å². The quantitative estimate of drug-likeness (QED) is 0.148. The van der Waals surface area contributed by atoms with Gasteiger partial charge in [0.15, 0.2) is 0 Å². The number of para-hydroxylation sites is 5. The lowest BCUT2D eigenvalue weighted by Gasteiger charge is -2.34. The third-order valence-corrected chi connectivity index (χ3v) is 17.0. The van der Waals surface area contributed by atoms with Crippen molar-refractivity contribution in [1.29, 1.82) is 0 Å². The largest absolute Gasteiger partial charge is 0.310 e. The third-order valence-electron chi connectivity index (χ3n) is 16.0. The molecule has 0 saturated carbocycles. The van der Waals surface area contributed by atoms with Crippen LogP contribution in [0.1, 0.15) is 0 Å². The van der Waals surface area contributed by atoms with E-state index in [2.05, 4.69) is 306 Å². The SMILES string of the molecule is CB1c2cc(-c3ccccc3)c(-n3c4ccccc4c4ccccc43)cc2Sc2cc(-c3ccccc3)cc(c2)N(c2ccccc2-c2ccccc2)c2cc(-n3c4ccccc4c4ccccc43)c(-c3ccccc3)cc21. The molecule has 1 aliphatic rings. The van der Waals surface area contributed by atoms with Gasteiger partial charge < -0.3 is 14.0 Å². The second-order valence-corrected chi connectivity index (χ2v) is 21.5. The van der Waals surface area contributed by atoms with Gasteiger partial charge in [0.1, 0.15) is 0 Å². The summed E-state index contributed by atoms with van der Waals surface area (Å²) >= 11 is 1.87. The Morgan fingerprint density at radius 2 is 0.705 bits per heavy atom. The minimum absolute atomic E-state index is 0.101. The van der Waals surface area contributed by atoms with Crippen LogP contribution in [0.15, 0.2) is 295 Å². The third kappa shape index (κ3) is 7.61. The molecule has 12 aromatic carbocycles. The molecule has 5 heteroatoms. The first-order valence-corrected chi connectivity index (χ1v) is 27.7. The van der Waals surface area contributed by atoms with E-state index in [1.807, 2.05) is 11.8 Å². The first-order valence-electron chi connectivity index (χ1n) is 26.9. The number of benzene rings is 12. The van der Waals surface area contributed by atoms with Gasteiger partial charge in [-0.1, -0.05) is 254 Å². The summed E-state index contributed by atoms with van der Waals surface area (Å²) in [6.45, 7) is 2.34. The van der Waals surface area contributed by atoms with E-state index < -0.39 is 0 Å². The molecule has 0 radical (unpaired) electrons. The standard InChI is InChI=1S/C73H50BN3S/c1-74-63-45-61(51-28-10-4-11-29-51)70(76-66-38-20-15-33-57(66)58-34-16-21-39-67(58)76)47-72(63)75(65-37-19-14-32-56(65)50-26-8-3-9-27-50)54-42-53(49-24-6-2-7-25-49)43-55(44-54)78-73-48-71(62(46-64(73)74)52-30-12-5-13-31-52)77-68-40-22-17-35-59(68)60-36-18-23-41-69(60)77/h2-48H,1H3. The fourth-order valence-electron chi connectivity index (χ4n) is 12.4. The Labute approximate surface area is 459 Å². The molecule has 0 saturated heterocycles. The van der Waals surface area contributed by atoms with Crippen molar-refractivity contribution in [2.45, 2.75) is 16.6 Å². The van der Waals surface area contributed by atoms with Gasteiger partial charge in [-0.25, -0.2) is 0 Å². The van der Waals surface area contributed by atoms with E-state index in [4.69, 9.17) is 0 Å². The van der Waals surface area contributed by atoms with Crippen molar-refractivity contribution in [3.05, 3.63) is 285 Å². The minimum atomic E-state index is -0.101. The van der Waals surface area contributed by atoms with E-state index in [-0.39, 0.29) is 6.71 Å². The molecule has 78 heavy (non-hydrogen) atoms. The Balaban J connectivity index is 1.11. The van der Waals surface area contributed by atoms with Crippen molar-refractivity contribution in [2.24, 2.45) is 0 Å². The van der Waals surface area contributed by atoms with Gasteiger partial charge in [0, 0.05) is 59.4 Å². The maximum absolute atomic E-state index is 2.58. The van der Waals surface area contributed by atoms with E-state index in [1.165, 1.54) is 81.7 Å². The topological polar surface area (TPSA) is 13.1 Å². The lowest BCUT2D eigenvalue weighted by atomic mass is 9.41. The van der Waals surface area contributed by atoms with Crippen molar-refractivity contribution >= 4 is 90.1 Å². The smallest absolute Gasteiger partial charge is 0.210 e. The first kappa shape index (κ1) is 45.8. The molecule has 0 N–H and O–H groups in total. The van der Waals surface area contributed by atoms with Crippen LogP contribution in [0.4, 0.5) is 17.1 Å². The van der Waals surface area contributed by atoms with Gasteiger partial charge in [-0.2, -0.15) is 0 Å². The molecule has 3 nitrogen and oxygen atoms in total. The summed E-state index contributed by atoms with van der Waals surface area (Å²) in [4.78, 5) is 4.95. The Morgan fingerprint density at radius 3 is 1.22 bits per heavy atom. The van der Waals surface area contributed by atoms with Gasteiger partial charge in [-0.3, -0.25) is 0 Å². The zero-order chi connectivity index (χ0) is 51.7. The molecule has 2 aromatic heterocycles. The summed E-state index contributed by atoms with van der Waals surface area (Å²) < 4.78 is 5.02. The Bertz CT molecular complexity index is 4500. The zero-order valence-corrected chi connectivity index (χ0v) is 43.8. The van der Waals surface area contributed by atoms with Crippen LogP contribution < -0.4 is 15.8 Å². The molecular weight excluding hydrogens is 962 g/mol. The van der Waals surface area contributed by atoms with Gasteiger partial charge in [0.05, 0.1) is 39.1 Å². The number of anilines is 3. The highest BCUT2D eigenvalue weighted by Crippen LogP contribution is 2.48. The number of nitrogens with zero attached hydrogens (tertiary/aromatic N) is 3. The molecule has 15 rings (SSSR count). The van der Waals surface area contributed by atoms with Gasteiger partial charge >= 0.3 is 0 Å². The molecule has 0 spiro atoms. The summed E-state index contributed by atoms with van der Waals surface area (Å²) in [7, 11) is 0. The molecule has 0 fully saturated rings. The predicted molar refractivity (Wildman–Crippen MR) is 333 cm³/mol. The number of aromatic nitrogens is 2. The van der Waals surface area contributed by atoms with Crippen molar-refractivity contribution in [2.75, 3.05) is 4.90 Å². The molecule has 1 aliphatic heterocycles. The average molecular weight is 1010 g/mol. The second kappa shape index (κ2) is 18.9. The fourth-order valence-corrected chi connectivity index (χ4v) is 13.5. The van der Waals surface area contributed by atoms with Crippen molar-refractivity contribution in [3.63, 3.8) is 0 Å². The molecule has 366 valence electrons. The Hall–Kier alpha value is -9.55. The van der Waals surface area contributed by atoms with Gasteiger partial charge in [-0.05, 0) is 88.5 Å². The van der Waals surface area contributed by atoms with Crippen LogP contribution in [0.2, 0.25) is 6.82 Å². The van der Waals surface area contributed by atoms with Crippen LogP contribution in [0.5, 0.6) is 0 Å². The summed E-state index contributed by atoms with van der Waals surface area (Å²) in [6, 6.07) is 106. The van der Waals surface area contributed by atoms with Crippen molar-refractivity contribution in [1.82, 2.24) is 9.13 Å². The summed E-state index contributed by atoms with van der Waals surface area (Å²) in [5.41, 5.74) is 22.1. The predicted octanol–water partition coefficient (Wildman–Crippen LogP) is 18.7. The average Bonchev–Trinajstić information content (AvgIpc) is 4.22. The molecular formula is C73H50BN3S. The highest BCUT2D eigenvalue weighted by atomic mass is 32.2. The normalized spacial score (nSPS) is 12.3. The zero-order valence-electron chi connectivity index (χ0n) is 43.0. The molecule has 2 bridgehead atoms. The Morgan fingerprint density at radius 1 is 0.295 bits per heavy atom. The van der Waals surface area contributed by atoms with E-state index in [0.29, 0.717) is 0 Å². The molecule has 0 unspecified atom stereocenters. The summed E-state index contributed by atoms with van der Waals surface area (Å²) in [6.07, 6.45) is 0. The van der Waals surface area contributed by atoms with E-state index in [9.17, 15) is 0 Å². The fraction of sp³-hybridized carbons (Fsp3) is 0.0137. The van der Waals surface area contributed by atoms with Crippen LogP contribution >= 0.6 is 11.8 Å². The highest BCUT2D eigenvalue weighted by molar-refractivity contribution is 7.99. The van der Waals surface area contributed by atoms with Crippen LogP contribution in [-0.4, -0.2) is 15.8 Å². The lowest BCUT2D eigenvalue weighted by Crippen LogP contribution is -2.43. The van der Waals surface area contributed by atoms with Gasteiger partial charge in [0.25, 0.3) is 0 Å². The van der Waals surface area contributed by atoms with Gasteiger partial charge in [-0.15, -0.1) is 0 Å². The van der Waals surface area contributed by atoms with Crippen LogP contribution in [0, 0.1) is 0 Å². The molecule has 3 heterocycles. The molecule has 0 aliphatic carbocycles. The number of hydrogen-bond donors (Lipinski definition) is 0. The monoisotopic (exact) mass is 1010 g/mol. The number of fused-ring (bicyclic) bond motifs is 10. The number of rotatable bonds is 7. The highest BCUT2D eigenvalue weighted by Gasteiger charge is 2.32.